The number of anilines is 1. The summed E-state index contributed by atoms with van der Waals surface area (Å²) in [4.78, 5) is 12.1. The molecule has 1 aromatic heterocycles. The summed E-state index contributed by atoms with van der Waals surface area (Å²) in [5, 5.41) is 7.08. The number of carbonyl (C=O) groups excluding carboxylic acids is 1. The van der Waals surface area contributed by atoms with Gasteiger partial charge in [0.2, 0.25) is 0 Å². The summed E-state index contributed by atoms with van der Waals surface area (Å²) < 4.78 is 2.73. The van der Waals surface area contributed by atoms with Crippen molar-refractivity contribution in [1.29, 1.82) is 0 Å². The summed E-state index contributed by atoms with van der Waals surface area (Å²) in [5.74, 6) is 0.408. The van der Waals surface area contributed by atoms with Crippen molar-refractivity contribution in [3.05, 3.63) is 46.1 Å². The Kier molecular flexibility index (Phi) is 4.04. The molecule has 1 N–H and O–H groups in total. The lowest BCUT2D eigenvalue weighted by Gasteiger charge is -2.06. The third-order valence-corrected chi connectivity index (χ3v) is 3.67. The van der Waals surface area contributed by atoms with E-state index >= 15 is 0 Å². The Morgan fingerprint density at radius 3 is 2.68 bits per heavy atom. The second kappa shape index (κ2) is 5.57. The topological polar surface area (TPSA) is 46.9 Å². The van der Waals surface area contributed by atoms with Gasteiger partial charge in [-0.1, -0.05) is 22.0 Å². The van der Waals surface area contributed by atoms with Gasteiger partial charge in [0, 0.05) is 28.3 Å². The number of hydrogen-bond acceptors (Lipinski definition) is 2. The molecule has 0 saturated heterocycles. The van der Waals surface area contributed by atoms with E-state index in [1.54, 1.807) is 16.8 Å². The molecule has 1 amide bonds. The van der Waals surface area contributed by atoms with E-state index in [1.165, 1.54) is 0 Å². The minimum Gasteiger partial charge on any atom is -0.305 e. The van der Waals surface area contributed by atoms with Crippen molar-refractivity contribution in [2.75, 3.05) is 5.32 Å². The van der Waals surface area contributed by atoms with Crippen LogP contribution in [0, 0.1) is 6.92 Å². The Bertz CT molecular complexity index is 604. The molecule has 0 fully saturated rings. The van der Waals surface area contributed by atoms with Gasteiger partial charge in [-0.2, -0.15) is 5.10 Å². The van der Waals surface area contributed by atoms with Crippen LogP contribution >= 0.6 is 15.9 Å². The minimum atomic E-state index is -0.158. The van der Waals surface area contributed by atoms with Crippen molar-refractivity contribution in [2.24, 2.45) is 0 Å². The Morgan fingerprint density at radius 2 is 2.11 bits per heavy atom. The molecule has 0 saturated carbocycles. The second-order valence-electron chi connectivity index (χ2n) is 4.69. The van der Waals surface area contributed by atoms with Gasteiger partial charge in [0.05, 0.1) is 0 Å². The Hall–Kier alpha value is -1.62. The van der Waals surface area contributed by atoms with E-state index in [-0.39, 0.29) is 11.9 Å². The fourth-order valence-electron chi connectivity index (χ4n) is 1.61. The lowest BCUT2D eigenvalue weighted by Crippen LogP contribution is -2.13. The van der Waals surface area contributed by atoms with E-state index in [4.69, 9.17) is 0 Å². The maximum absolute atomic E-state index is 12.1. The monoisotopic (exact) mass is 321 g/mol. The summed E-state index contributed by atoms with van der Waals surface area (Å²) in [6, 6.07) is 7.59. The summed E-state index contributed by atoms with van der Waals surface area (Å²) in [5.41, 5.74) is 1.71. The smallest absolute Gasteiger partial charge is 0.256 e. The number of aromatic nitrogens is 2. The number of nitrogens with zero attached hydrogens (tertiary/aromatic N) is 2. The number of nitrogens with one attached hydrogen (secondary N) is 1. The number of rotatable bonds is 3. The van der Waals surface area contributed by atoms with Crippen LogP contribution in [0.3, 0.4) is 0 Å². The van der Waals surface area contributed by atoms with Gasteiger partial charge < -0.3 is 5.32 Å². The second-order valence-corrected chi connectivity index (χ2v) is 5.55. The summed E-state index contributed by atoms with van der Waals surface area (Å²) in [7, 11) is 0. The molecule has 1 heterocycles. The maximum atomic E-state index is 12.1. The zero-order valence-corrected chi connectivity index (χ0v) is 12.7. The van der Waals surface area contributed by atoms with Crippen molar-refractivity contribution in [3.63, 3.8) is 0 Å². The van der Waals surface area contributed by atoms with E-state index in [0.29, 0.717) is 11.4 Å². The van der Waals surface area contributed by atoms with E-state index in [9.17, 15) is 4.79 Å². The van der Waals surface area contributed by atoms with E-state index in [2.05, 4.69) is 26.3 Å². The predicted molar refractivity (Wildman–Crippen MR) is 79.4 cm³/mol. The van der Waals surface area contributed by atoms with E-state index in [1.807, 2.05) is 39.1 Å². The van der Waals surface area contributed by atoms with Crippen molar-refractivity contribution in [3.8, 4) is 0 Å². The highest BCUT2D eigenvalue weighted by atomic mass is 79.9. The van der Waals surface area contributed by atoms with E-state index < -0.39 is 0 Å². The lowest BCUT2D eigenvalue weighted by atomic mass is 10.1. The molecule has 0 aliphatic carbocycles. The van der Waals surface area contributed by atoms with Crippen LogP contribution < -0.4 is 5.32 Å². The molecule has 5 heteroatoms. The van der Waals surface area contributed by atoms with Gasteiger partial charge in [0.1, 0.15) is 0 Å². The number of hydrogen-bond donors (Lipinski definition) is 1. The van der Waals surface area contributed by atoms with Crippen LogP contribution in [-0.4, -0.2) is 15.7 Å². The highest BCUT2D eigenvalue weighted by Gasteiger charge is 2.09. The molecule has 0 aliphatic rings. The Balaban J connectivity index is 2.13. The van der Waals surface area contributed by atoms with Crippen LogP contribution in [0.4, 0.5) is 5.82 Å². The molecule has 0 atom stereocenters. The Morgan fingerprint density at radius 1 is 1.37 bits per heavy atom. The molecular formula is C14H16BrN3O. The minimum absolute atomic E-state index is 0.158. The van der Waals surface area contributed by atoms with Crippen LogP contribution in [0.25, 0.3) is 0 Å². The van der Waals surface area contributed by atoms with Crippen LogP contribution in [0.15, 0.2) is 34.9 Å². The standard InChI is InChI=1S/C14H16BrN3O/c1-9(2)18-7-6-13(17-18)16-14(19)11-5-4-10(3)12(15)8-11/h4-9H,1-3H3,(H,16,17,19). The molecule has 0 unspecified atom stereocenters. The van der Waals surface area contributed by atoms with Gasteiger partial charge in [0.25, 0.3) is 5.91 Å². The SMILES string of the molecule is Cc1ccc(C(=O)Nc2ccn(C(C)C)n2)cc1Br. The number of benzene rings is 1. The quantitative estimate of drug-likeness (QED) is 0.934. The average molecular weight is 322 g/mol. The molecule has 1 aromatic carbocycles. The molecule has 2 aromatic rings. The normalized spacial score (nSPS) is 10.8. The third-order valence-electron chi connectivity index (χ3n) is 2.81. The molecular weight excluding hydrogens is 306 g/mol. The molecule has 2 rings (SSSR count). The fraction of sp³-hybridized carbons (Fsp3) is 0.286. The van der Waals surface area contributed by atoms with Crippen molar-refractivity contribution < 1.29 is 4.79 Å². The molecule has 19 heavy (non-hydrogen) atoms. The molecule has 0 radical (unpaired) electrons. The van der Waals surface area contributed by atoms with Crippen molar-refractivity contribution in [2.45, 2.75) is 26.8 Å². The average Bonchev–Trinajstić information content (AvgIpc) is 2.81. The summed E-state index contributed by atoms with van der Waals surface area (Å²) in [6.07, 6.45) is 1.85. The van der Waals surface area contributed by atoms with Gasteiger partial charge in [0.15, 0.2) is 5.82 Å². The van der Waals surface area contributed by atoms with Gasteiger partial charge >= 0.3 is 0 Å². The Labute approximate surface area is 120 Å². The third kappa shape index (κ3) is 3.23. The molecule has 0 spiro atoms. The van der Waals surface area contributed by atoms with E-state index in [0.717, 1.165) is 10.0 Å². The fourth-order valence-corrected chi connectivity index (χ4v) is 1.99. The molecule has 4 nitrogen and oxygen atoms in total. The first-order valence-electron chi connectivity index (χ1n) is 6.10. The van der Waals surface area contributed by atoms with Crippen molar-refractivity contribution in [1.82, 2.24) is 9.78 Å². The molecule has 0 aliphatic heterocycles. The predicted octanol–water partition coefficient (Wildman–Crippen LogP) is 3.79. The van der Waals surface area contributed by atoms with Crippen LogP contribution in [0.5, 0.6) is 0 Å². The molecule has 0 bridgehead atoms. The number of amides is 1. The van der Waals surface area contributed by atoms with Gasteiger partial charge in [-0.3, -0.25) is 9.48 Å². The van der Waals surface area contributed by atoms with Crippen LogP contribution in [-0.2, 0) is 0 Å². The maximum Gasteiger partial charge on any atom is 0.256 e. The van der Waals surface area contributed by atoms with Gasteiger partial charge in [-0.15, -0.1) is 0 Å². The van der Waals surface area contributed by atoms with Crippen LogP contribution in [0.2, 0.25) is 0 Å². The van der Waals surface area contributed by atoms with Gasteiger partial charge in [-0.05, 0) is 38.5 Å². The zero-order valence-electron chi connectivity index (χ0n) is 11.1. The first kappa shape index (κ1) is 13.8. The van der Waals surface area contributed by atoms with Crippen LogP contribution in [0.1, 0.15) is 35.8 Å². The van der Waals surface area contributed by atoms with Crippen molar-refractivity contribution >= 4 is 27.7 Å². The lowest BCUT2D eigenvalue weighted by molar-refractivity contribution is 0.102. The first-order valence-corrected chi connectivity index (χ1v) is 6.89. The summed E-state index contributed by atoms with van der Waals surface area (Å²) in [6.45, 7) is 6.06. The highest BCUT2D eigenvalue weighted by molar-refractivity contribution is 9.10. The number of aryl methyl sites for hydroxylation is 1. The highest BCUT2D eigenvalue weighted by Crippen LogP contribution is 2.18. The van der Waals surface area contributed by atoms with Gasteiger partial charge in [-0.25, -0.2) is 0 Å². The largest absolute Gasteiger partial charge is 0.305 e. The zero-order chi connectivity index (χ0) is 14.0. The number of halogens is 1. The molecule has 100 valence electrons. The summed E-state index contributed by atoms with van der Waals surface area (Å²) >= 11 is 3.42. The first-order chi connectivity index (χ1) is 8.97. The number of carbonyl (C=O) groups is 1.